The Hall–Kier alpha value is -0.970. The number of carboxylic acid groups (broad SMARTS) is 1. The van der Waals surface area contributed by atoms with Crippen LogP contribution in [0, 0.1) is 13.8 Å². The Morgan fingerprint density at radius 2 is 2.06 bits per heavy atom. The Morgan fingerprint density at radius 1 is 1.41 bits per heavy atom. The normalized spacial score (nSPS) is 11.8. The molecule has 0 amide bonds. The number of alkyl halides is 2. The SMILES string of the molecule is Cc1cc(C)c(C(F)(F)CCCCC(=O)O)s1. The third-order valence-electron chi connectivity index (χ3n) is 2.50. The van der Waals surface area contributed by atoms with E-state index in [4.69, 9.17) is 5.11 Å². The summed E-state index contributed by atoms with van der Waals surface area (Å²) in [5.41, 5.74) is 0.621. The number of unbranched alkanes of at least 4 members (excludes halogenated alkanes) is 1. The van der Waals surface area contributed by atoms with Crippen molar-refractivity contribution < 1.29 is 18.7 Å². The van der Waals surface area contributed by atoms with Gasteiger partial charge in [0, 0.05) is 17.7 Å². The zero-order chi connectivity index (χ0) is 13.1. The van der Waals surface area contributed by atoms with Crippen molar-refractivity contribution in [3.05, 3.63) is 21.4 Å². The highest BCUT2D eigenvalue weighted by atomic mass is 32.1. The van der Waals surface area contributed by atoms with Crippen LogP contribution in [0.3, 0.4) is 0 Å². The molecule has 1 rings (SSSR count). The molecule has 0 saturated carbocycles. The molecule has 0 bridgehead atoms. The monoisotopic (exact) mass is 262 g/mol. The third-order valence-corrected chi connectivity index (χ3v) is 3.77. The van der Waals surface area contributed by atoms with Crippen molar-refractivity contribution in [2.45, 2.75) is 45.5 Å². The molecule has 0 spiro atoms. The van der Waals surface area contributed by atoms with Gasteiger partial charge in [-0.3, -0.25) is 4.79 Å². The molecule has 1 aromatic rings. The largest absolute Gasteiger partial charge is 0.481 e. The maximum absolute atomic E-state index is 13.8. The molecule has 2 nitrogen and oxygen atoms in total. The molecule has 17 heavy (non-hydrogen) atoms. The molecule has 0 aromatic carbocycles. The topological polar surface area (TPSA) is 37.3 Å². The van der Waals surface area contributed by atoms with Gasteiger partial charge in [-0.05, 0) is 38.3 Å². The second-order valence-corrected chi connectivity index (χ2v) is 5.43. The Labute approximate surface area is 103 Å². The molecule has 0 unspecified atom stereocenters. The van der Waals surface area contributed by atoms with Gasteiger partial charge >= 0.3 is 5.97 Å². The first kappa shape index (κ1) is 14.1. The highest BCUT2D eigenvalue weighted by Crippen LogP contribution is 2.40. The van der Waals surface area contributed by atoms with E-state index in [9.17, 15) is 13.6 Å². The van der Waals surface area contributed by atoms with Crippen LogP contribution in [0.2, 0.25) is 0 Å². The van der Waals surface area contributed by atoms with Crippen molar-refractivity contribution in [1.82, 2.24) is 0 Å². The molecule has 0 atom stereocenters. The van der Waals surface area contributed by atoms with Crippen LogP contribution < -0.4 is 0 Å². The van der Waals surface area contributed by atoms with Gasteiger partial charge in [-0.25, -0.2) is 8.78 Å². The molecule has 5 heteroatoms. The highest BCUT2D eigenvalue weighted by Gasteiger charge is 2.34. The quantitative estimate of drug-likeness (QED) is 0.784. The van der Waals surface area contributed by atoms with Gasteiger partial charge in [-0.1, -0.05) is 0 Å². The lowest BCUT2D eigenvalue weighted by atomic mass is 10.1. The molecule has 1 heterocycles. The van der Waals surface area contributed by atoms with Crippen molar-refractivity contribution in [2.24, 2.45) is 0 Å². The van der Waals surface area contributed by atoms with Crippen molar-refractivity contribution in [1.29, 1.82) is 0 Å². The van der Waals surface area contributed by atoms with Crippen LogP contribution in [-0.4, -0.2) is 11.1 Å². The fraction of sp³-hybridized carbons (Fsp3) is 0.583. The van der Waals surface area contributed by atoms with E-state index in [1.54, 1.807) is 13.0 Å². The lowest BCUT2D eigenvalue weighted by Gasteiger charge is -2.15. The van der Waals surface area contributed by atoms with Crippen LogP contribution in [-0.2, 0) is 10.7 Å². The summed E-state index contributed by atoms with van der Waals surface area (Å²) in [5.74, 6) is -3.77. The third kappa shape index (κ3) is 4.07. The van der Waals surface area contributed by atoms with E-state index in [0.717, 1.165) is 16.2 Å². The van der Waals surface area contributed by atoms with Gasteiger partial charge in [-0.15, -0.1) is 11.3 Å². The molecule has 96 valence electrons. The van der Waals surface area contributed by atoms with Crippen molar-refractivity contribution >= 4 is 17.3 Å². The number of aliphatic carboxylic acids is 1. The van der Waals surface area contributed by atoms with Gasteiger partial charge in [0.05, 0.1) is 4.88 Å². The van der Waals surface area contributed by atoms with E-state index in [1.807, 2.05) is 6.92 Å². The van der Waals surface area contributed by atoms with Gasteiger partial charge in [0.15, 0.2) is 0 Å². The van der Waals surface area contributed by atoms with E-state index in [1.165, 1.54) is 0 Å². The fourth-order valence-corrected chi connectivity index (χ4v) is 2.77. The standard InChI is InChI=1S/C12H16F2O2S/c1-8-7-9(2)17-11(8)12(13,14)6-4-3-5-10(15)16/h7H,3-6H2,1-2H3,(H,15,16). The molecule has 0 aliphatic carbocycles. The van der Waals surface area contributed by atoms with Gasteiger partial charge < -0.3 is 5.11 Å². The molecular weight excluding hydrogens is 246 g/mol. The lowest BCUT2D eigenvalue weighted by molar-refractivity contribution is -0.137. The summed E-state index contributed by atoms with van der Waals surface area (Å²) in [6.45, 7) is 3.49. The van der Waals surface area contributed by atoms with Gasteiger partial charge in [-0.2, -0.15) is 0 Å². The second-order valence-electron chi connectivity index (χ2n) is 4.17. The summed E-state index contributed by atoms with van der Waals surface area (Å²) in [7, 11) is 0. The van der Waals surface area contributed by atoms with Crippen molar-refractivity contribution in [2.75, 3.05) is 0 Å². The van der Waals surface area contributed by atoms with Crippen molar-refractivity contribution in [3.8, 4) is 0 Å². The molecular formula is C12H16F2O2S. The Bertz CT molecular complexity index is 399. The summed E-state index contributed by atoms with van der Waals surface area (Å²) in [6, 6.07) is 1.76. The summed E-state index contributed by atoms with van der Waals surface area (Å²) >= 11 is 1.12. The summed E-state index contributed by atoms with van der Waals surface area (Å²) < 4.78 is 27.6. The van der Waals surface area contributed by atoms with Crippen LogP contribution in [0.15, 0.2) is 6.07 Å². The average Bonchev–Trinajstić information content (AvgIpc) is 2.53. The molecule has 0 aliphatic heterocycles. The summed E-state index contributed by atoms with van der Waals surface area (Å²) in [5, 5.41) is 8.42. The van der Waals surface area contributed by atoms with Crippen LogP contribution in [0.5, 0.6) is 0 Å². The minimum atomic E-state index is -2.83. The van der Waals surface area contributed by atoms with Crippen LogP contribution in [0.25, 0.3) is 0 Å². The maximum Gasteiger partial charge on any atom is 0.303 e. The Kier molecular flexibility index (Phi) is 4.62. The van der Waals surface area contributed by atoms with E-state index in [0.29, 0.717) is 12.0 Å². The summed E-state index contributed by atoms with van der Waals surface area (Å²) in [4.78, 5) is 11.3. The molecule has 0 aliphatic rings. The van der Waals surface area contributed by atoms with Gasteiger partial charge in [0.25, 0.3) is 5.92 Å². The Balaban J connectivity index is 2.56. The smallest absolute Gasteiger partial charge is 0.303 e. The van der Waals surface area contributed by atoms with E-state index in [-0.39, 0.29) is 24.1 Å². The number of thiophene rings is 1. The number of rotatable bonds is 6. The van der Waals surface area contributed by atoms with E-state index in [2.05, 4.69) is 0 Å². The number of halogens is 2. The van der Waals surface area contributed by atoms with Crippen LogP contribution >= 0.6 is 11.3 Å². The zero-order valence-electron chi connectivity index (χ0n) is 9.93. The van der Waals surface area contributed by atoms with Crippen LogP contribution in [0.4, 0.5) is 8.78 Å². The maximum atomic E-state index is 13.8. The average molecular weight is 262 g/mol. The Morgan fingerprint density at radius 3 is 2.53 bits per heavy atom. The van der Waals surface area contributed by atoms with Gasteiger partial charge in [0.1, 0.15) is 0 Å². The molecule has 0 saturated heterocycles. The molecule has 1 aromatic heterocycles. The number of aryl methyl sites for hydroxylation is 2. The molecule has 0 radical (unpaired) electrons. The lowest BCUT2D eigenvalue weighted by Crippen LogP contribution is -2.12. The highest BCUT2D eigenvalue weighted by molar-refractivity contribution is 7.12. The fourth-order valence-electron chi connectivity index (χ4n) is 1.74. The first-order valence-electron chi connectivity index (χ1n) is 5.50. The zero-order valence-corrected chi connectivity index (χ0v) is 10.7. The number of carboxylic acids is 1. The first-order valence-corrected chi connectivity index (χ1v) is 6.31. The van der Waals surface area contributed by atoms with Crippen molar-refractivity contribution in [3.63, 3.8) is 0 Å². The second kappa shape index (κ2) is 5.58. The van der Waals surface area contributed by atoms with Crippen LogP contribution in [0.1, 0.15) is 41.0 Å². The summed E-state index contributed by atoms with van der Waals surface area (Å²) in [6.07, 6.45) is 0.212. The number of hydrogen-bond acceptors (Lipinski definition) is 2. The van der Waals surface area contributed by atoms with Gasteiger partial charge in [0.2, 0.25) is 0 Å². The predicted octanol–water partition coefficient (Wildman–Crippen LogP) is 4.10. The molecule has 1 N–H and O–H groups in total. The first-order chi connectivity index (χ1) is 7.83. The van der Waals surface area contributed by atoms with E-state index >= 15 is 0 Å². The predicted molar refractivity (Wildman–Crippen MR) is 63.8 cm³/mol. The number of hydrogen-bond donors (Lipinski definition) is 1. The minimum absolute atomic E-state index is 0.0431. The molecule has 0 fully saturated rings. The number of carbonyl (C=O) groups is 1. The van der Waals surface area contributed by atoms with E-state index < -0.39 is 11.9 Å². The minimum Gasteiger partial charge on any atom is -0.481 e.